The third kappa shape index (κ3) is 2.97. The van der Waals surface area contributed by atoms with E-state index in [9.17, 15) is 9.90 Å². The number of β-amino-alcohol motifs (C(OH)–C–C–N with tert-alkyl or cyclic N) is 1. The topological polar surface area (TPSA) is 69.2 Å². The summed E-state index contributed by atoms with van der Waals surface area (Å²) in [4.78, 5) is 14.2. The maximum atomic E-state index is 12.5. The van der Waals surface area contributed by atoms with Gasteiger partial charge in [-0.3, -0.25) is 9.89 Å². The number of carbonyl (C=O) groups excluding carboxylic acids is 1. The SMILES string of the molecule is CC1(O)CCCN(C(=O)c2cc(-c3ccccc3)n[nH]2)C1. The number of aromatic nitrogens is 2. The van der Waals surface area contributed by atoms with Crippen LogP contribution in [-0.2, 0) is 0 Å². The third-order valence-electron chi connectivity index (χ3n) is 3.84. The van der Waals surface area contributed by atoms with Crippen LogP contribution in [0.4, 0.5) is 0 Å². The predicted octanol–water partition coefficient (Wildman–Crippen LogP) is 2.06. The molecule has 0 radical (unpaired) electrons. The number of piperidine rings is 1. The number of nitrogens with one attached hydrogen (secondary N) is 1. The molecule has 1 aromatic carbocycles. The van der Waals surface area contributed by atoms with Crippen LogP contribution in [0, 0.1) is 0 Å². The first-order valence-electron chi connectivity index (χ1n) is 7.18. The molecule has 0 spiro atoms. The predicted molar refractivity (Wildman–Crippen MR) is 79.8 cm³/mol. The zero-order valence-electron chi connectivity index (χ0n) is 12.0. The van der Waals surface area contributed by atoms with E-state index >= 15 is 0 Å². The van der Waals surface area contributed by atoms with Gasteiger partial charge in [-0.15, -0.1) is 0 Å². The Morgan fingerprint density at radius 1 is 1.38 bits per heavy atom. The molecular formula is C16H19N3O2. The first kappa shape index (κ1) is 13.8. The molecule has 1 aliphatic heterocycles. The molecule has 1 aliphatic rings. The second kappa shape index (κ2) is 5.33. The number of likely N-dealkylation sites (tertiary alicyclic amines) is 1. The molecular weight excluding hydrogens is 266 g/mol. The summed E-state index contributed by atoms with van der Waals surface area (Å²) >= 11 is 0. The van der Waals surface area contributed by atoms with E-state index in [1.165, 1.54) is 0 Å². The first-order valence-corrected chi connectivity index (χ1v) is 7.18. The first-order chi connectivity index (χ1) is 10.1. The van der Waals surface area contributed by atoms with Crippen LogP contribution in [0.25, 0.3) is 11.3 Å². The summed E-state index contributed by atoms with van der Waals surface area (Å²) in [6.45, 7) is 2.81. The zero-order valence-corrected chi connectivity index (χ0v) is 12.0. The van der Waals surface area contributed by atoms with E-state index < -0.39 is 5.60 Å². The number of hydrogen-bond donors (Lipinski definition) is 2. The maximum Gasteiger partial charge on any atom is 0.271 e. The molecule has 1 unspecified atom stereocenters. The lowest BCUT2D eigenvalue weighted by Gasteiger charge is -2.36. The number of benzene rings is 1. The quantitative estimate of drug-likeness (QED) is 0.887. The van der Waals surface area contributed by atoms with E-state index in [-0.39, 0.29) is 5.91 Å². The van der Waals surface area contributed by atoms with Crippen LogP contribution < -0.4 is 0 Å². The van der Waals surface area contributed by atoms with E-state index in [4.69, 9.17) is 0 Å². The van der Waals surface area contributed by atoms with Crippen molar-refractivity contribution in [1.29, 1.82) is 0 Å². The molecule has 0 saturated carbocycles. The number of rotatable bonds is 2. The van der Waals surface area contributed by atoms with Gasteiger partial charge in [0.25, 0.3) is 5.91 Å². The Kier molecular flexibility index (Phi) is 3.51. The van der Waals surface area contributed by atoms with Crippen LogP contribution in [-0.4, -0.2) is 44.8 Å². The largest absolute Gasteiger partial charge is 0.388 e. The molecule has 1 aromatic heterocycles. The van der Waals surface area contributed by atoms with Crippen LogP contribution in [0.2, 0.25) is 0 Å². The lowest BCUT2D eigenvalue weighted by Crippen LogP contribution is -2.48. The van der Waals surface area contributed by atoms with Crippen molar-refractivity contribution in [3.8, 4) is 11.3 Å². The van der Waals surface area contributed by atoms with Gasteiger partial charge in [-0.25, -0.2) is 0 Å². The van der Waals surface area contributed by atoms with Gasteiger partial charge in [0, 0.05) is 18.7 Å². The summed E-state index contributed by atoms with van der Waals surface area (Å²) in [5.74, 6) is -0.107. The molecule has 2 aromatic rings. The van der Waals surface area contributed by atoms with Crippen molar-refractivity contribution in [2.75, 3.05) is 13.1 Å². The minimum atomic E-state index is -0.795. The molecule has 2 N–H and O–H groups in total. The maximum absolute atomic E-state index is 12.5. The van der Waals surface area contributed by atoms with Gasteiger partial charge in [0.15, 0.2) is 0 Å². The fraction of sp³-hybridized carbons (Fsp3) is 0.375. The lowest BCUT2D eigenvalue weighted by atomic mass is 9.95. The third-order valence-corrected chi connectivity index (χ3v) is 3.84. The Morgan fingerprint density at radius 3 is 2.86 bits per heavy atom. The summed E-state index contributed by atoms with van der Waals surface area (Å²) in [5.41, 5.74) is 1.39. The van der Waals surface area contributed by atoms with Gasteiger partial charge < -0.3 is 10.0 Å². The highest BCUT2D eigenvalue weighted by atomic mass is 16.3. The van der Waals surface area contributed by atoms with Crippen molar-refractivity contribution in [2.45, 2.75) is 25.4 Å². The minimum Gasteiger partial charge on any atom is -0.388 e. The molecule has 0 aliphatic carbocycles. The van der Waals surface area contributed by atoms with Gasteiger partial charge in [-0.1, -0.05) is 30.3 Å². The number of carbonyl (C=O) groups is 1. The van der Waals surface area contributed by atoms with Gasteiger partial charge in [0.2, 0.25) is 0 Å². The number of nitrogens with zero attached hydrogens (tertiary/aromatic N) is 2. The van der Waals surface area contributed by atoms with Crippen molar-refractivity contribution in [2.24, 2.45) is 0 Å². The molecule has 5 heteroatoms. The summed E-state index contributed by atoms with van der Waals surface area (Å²) in [6.07, 6.45) is 1.55. The molecule has 5 nitrogen and oxygen atoms in total. The average Bonchev–Trinajstić information content (AvgIpc) is 2.96. The lowest BCUT2D eigenvalue weighted by molar-refractivity contribution is -0.0109. The van der Waals surface area contributed by atoms with E-state index in [1.807, 2.05) is 30.3 Å². The van der Waals surface area contributed by atoms with Crippen molar-refractivity contribution in [3.05, 3.63) is 42.1 Å². The monoisotopic (exact) mass is 285 g/mol. The fourth-order valence-electron chi connectivity index (χ4n) is 2.75. The highest BCUT2D eigenvalue weighted by molar-refractivity contribution is 5.93. The summed E-state index contributed by atoms with van der Waals surface area (Å²) < 4.78 is 0. The molecule has 1 amide bonds. The fourth-order valence-corrected chi connectivity index (χ4v) is 2.75. The van der Waals surface area contributed by atoms with Gasteiger partial charge in [-0.05, 0) is 25.8 Å². The Morgan fingerprint density at radius 2 is 2.14 bits per heavy atom. The smallest absolute Gasteiger partial charge is 0.271 e. The second-order valence-electron chi connectivity index (χ2n) is 5.86. The summed E-state index contributed by atoms with van der Waals surface area (Å²) in [7, 11) is 0. The Balaban J connectivity index is 1.78. The van der Waals surface area contributed by atoms with Gasteiger partial charge in [-0.2, -0.15) is 5.10 Å². The highest BCUT2D eigenvalue weighted by Gasteiger charge is 2.31. The normalized spacial score (nSPS) is 22.3. The van der Waals surface area contributed by atoms with Crippen LogP contribution in [0.15, 0.2) is 36.4 Å². The Bertz CT molecular complexity index is 634. The molecule has 2 heterocycles. The number of aromatic amines is 1. The van der Waals surface area contributed by atoms with Gasteiger partial charge in [0.1, 0.15) is 5.69 Å². The van der Waals surface area contributed by atoms with Crippen molar-refractivity contribution in [1.82, 2.24) is 15.1 Å². The molecule has 110 valence electrons. The Labute approximate surface area is 123 Å². The average molecular weight is 285 g/mol. The van der Waals surface area contributed by atoms with Gasteiger partial charge in [0.05, 0.1) is 11.3 Å². The van der Waals surface area contributed by atoms with Crippen molar-refractivity contribution < 1.29 is 9.90 Å². The van der Waals surface area contributed by atoms with Crippen LogP contribution in [0.3, 0.4) is 0 Å². The minimum absolute atomic E-state index is 0.107. The van der Waals surface area contributed by atoms with Crippen molar-refractivity contribution >= 4 is 5.91 Å². The molecule has 3 rings (SSSR count). The molecule has 1 atom stereocenters. The number of hydrogen-bond acceptors (Lipinski definition) is 3. The highest BCUT2D eigenvalue weighted by Crippen LogP contribution is 2.23. The van der Waals surface area contributed by atoms with Crippen LogP contribution in [0.1, 0.15) is 30.3 Å². The number of aliphatic hydroxyl groups is 1. The summed E-state index contributed by atoms with van der Waals surface area (Å²) in [6, 6.07) is 11.5. The van der Waals surface area contributed by atoms with E-state index in [2.05, 4.69) is 10.2 Å². The van der Waals surface area contributed by atoms with E-state index in [0.29, 0.717) is 18.8 Å². The van der Waals surface area contributed by atoms with E-state index in [0.717, 1.165) is 24.1 Å². The molecule has 21 heavy (non-hydrogen) atoms. The van der Waals surface area contributed by atoms with E-state index in [1.54, 1.807) is 17.9 Å². The molecule has 0 bridgehead atoms. The Hall–Kier alpha value is -2.14. The number of amides is 1. The summed E-state index contributed by atoms with van der Waals surface area (Å²) in [5, 5.41) is 17.1. The van der Waals surface area contributed by atoms with Crippen LogP contribution >= 0.6 is 0 Å². The standard InChI is InChI=1S/C16H19N3O2/c1-16(21)8-5-9-19(11-16)15(20)14-10-13(17-18-14)12-6-3-2-4-7-12/h2-4,6-7,10,21H,5,8-9,11H2,1H3,(H,17,18). The van der Waals surface area contributed by atoms with Gasteiger partial charge >= 0.3 is 0 Å². The molecule has 1 saturated heterocycles. The van der Waals surface area contributed by atoms with Crippen LogP contribution in [0.5, 0.6) is 0 Å². The van der Waals surface area contributed by atoms with Crippen molar-refractivity contribution in [3.63, 3.8) is 0 Å². The zero-order chi connectivity index (χ0) is 14.9. The second-order valence-corrected chi connectivity index (χ2v) is 5.86. The molecule has 1 fully saturated rings. The number of H-pyrrole nitrogens is 1.